The van der Waals surface area contributed by atoms with Crippen molar-refractivity contribution in [3.63, 3.8) is 0 Å². The number of carboxylic acid groups (broad SMARTS) is 1. The number of allylic oxidation sites excluding steroid dienone is 1. The summed E-state index contributed by atoms with van der Waals surface area (Å²) in [7, 11) is 0. The van der Waals surface area contributed by atoms with Crippen LogP contribution in [-0.2, 0) is 17.5 Å². The van der Waals surface area contributed by atoms with Crippen molar-refractivity contribution in [2.45, 2.75) is 12.7 Å². The molecule has 0 saturated heterocycles. The molecule has 0 unspecified atom stereocenters. The van der Waals surface area contributed by atoms with Crippen LogP contribution in [-0.4, -0.2) is 15.6 Å². The second kappa shape index (κ2) is 4.86. The lowest BCUT2D eigenvalue weighted by Gasteiger charge is -2.12. The number of pyridine rings is 1. The number of halogens is 3. The minimum absolute atomic E-state index is 0.444. The zero-order valence-corrected chi connectivity index (χ0v) is 8.44. The smallest absolute Gasteiger partial charge is 0.431 e. The van der Waals surface area contributed by atoms with Crippen LogP contribution in [0.2, 0.25) is 0 Å². The van der Waals surface area contributed by atoms with Crippen LogP contribution in [0, 0.1) is 0 Å². The average molecular weight is 247 g/mol. The third-order valence-corrected chi connectivity index (χ3v) is 1.89. The lowest BCUT2D eigenvalue weighted by Crippen LogP contribution is -2.26. The van der Waals surface area contributed by atoms with E-state index in [1.807, 2.05) is 0 Å². The molecule has 0 fully saturated rings. The zero-order valence-electron chi connectivity index (χ0n) is 8.44. The summed E-state index contributed by atoms with van der Waals surface area (Å²) in [5.41, 5.74) is -1.95. The van der Waals surface area contributed by atoms with Gasteiger partial charge in [0.25, 0.3) is 5.56 Å². The molecule has 7 heteroatoms. The van der Waals surface area contributed by atoms with Crippen molar-refractivity contribution >= 4 is 5.97 Å². The van der Waals surface area contributed by atoms with Crippen LogP contribution in [0.5, 0.6) is 0 Å². The molecule has 1 heterocycles. The molecular weight excluding hydrogens is 239 g/mol. The zero-order chi connectivity index (χ0) is 13.1. The molecule has 17 heavy (non-hydrogen) atoms. The Morgan fingerprint density at radius 2 is 2.06 bits per heavy atom. The maximum absolute atomic E-state index is 12.5. The Balaban J connectivity index is 3.13. The average Bonchev–Trinajstić information content (AvgIpc) is 2.18. The van der Waals surface area contributed by atoms with Gasteiger partial charge in [-0.25, -0.2) is 4.79 Å². The first-order chi connectivity index (χ1) is 7.82. The second-order valence-electron chi connectivity index (χ2n) is 3.10. The Kier molecular flexibility index (Phi) is 3.72. The van der Waals surface area contributed by atoms with E-state index in [2.05, 4.69) is 0 Å². The molecular formula is C10H8F3NO3. The fourth-order valence-corrected chi connectivity index (χ4v) is 1.22. The van der Waals surface area contributed by atoms with E-state index in [1.54, 1.807) is 0 Å². The number of carbonyl (C=O) groups is 1. The van der Waals surface area contributed by atoms with E-state index < -0.39 is 29.9 Å². The molecule has 0 atom stereocenters. The van der Waals surface area contributed by atoms with Crippen LogP contribution >= 0.6 is 0 Å². The summed E-state index contributed by atoms with van der Waals surface area (Å²) in [5, 5.41) is 8.29. The van der Waals surface area contributed by atoms with Gasteiger partial charge in [0.1, 0.15) is 5.69 Å². The van der Waals surface area contributed by atoms with Crippen molar-refractivity contribution in [1.82, 2.24) is 4.57 Å². The summed E-state index contributed by atoms with van der Waals surface area (Å²) < 4.78 is 38.0. The monoisotopic (exact) mass is 247 g/mol. The standard InChI is InChI=1S/C10H8F3NO3/c11-10(12,13)7-3-1-4-8(15)14(7)6-2-5-9(16)17/h1-5H,6H2,(H,16,17)/b5-2+. The van der Waals surface area contributed by atoms with Gasteiger partial charge in [0.05, 0.1) is 0 Å². The highest BCUT2D eigenvalue weighted by Gasteiger charge is 2.33. The second-order valence-corrected chi connectivity index (χ2v) is 3.10. The first-order valence-corrected chi connectivity index (χ1v) is 4.49. The minimum atomic E-state index is -4.66. The summed E-state index contributed by atoms with van der Waals surface area (Å²) in [4.78, 5) is 21.4. The SMILES string of the molecule is O=C(O)/C=C/Cn1c(C(F)(F)F)cccc1=O. The van der Waals surface area contributed by atoms with Gasteiger partial charge in [-0.05, 0) is 6.07 Å². The molecule has 1 rings (SSSR count). The van der Waals surface area contributed by atoms with Gasteiger partial charge < -0.3 is 9.67 Å². The molecule has 92 valence electrons. The van der Waals surface area contributed by atoms with E-state index in [4.69, 9.17) is 5.11 Å². The van der Waals surface area contributed by atoms with E-state index in [0.717, 1.165) is 24.3 Å². The highest BCUT2D eigenvalue weighted by Crippen LogP contribution is 2.27. The van der Waals surface area contributed by atoms with Crippen molar-refractivity contribution in [1.29, 1.82) is 0 Å². The summed E-state index contributed by atoms with van der Waals surface area (Å²) in [6.45, 7) is -0.444. The largest absolute Gasteiger partial charge is 0.478 e. The molecule has 0 aromatic carbocycles. The Morgan fingerprint density at radius 1 is 1.41 bits per heavy atom. The Morgan fingerprint density at radius 3 is 2.59 bits per heavy atom. The van der Waals surface area contributed by atoms with Gasteiger partial charge in [-0.1, -0.05) is 12.1 Å². The summed E-state index contributed by atoms with van der Waals surface area (Å²) in [6, 6.07) is 2.74. The van der Waals surface area contributed by atoms with E-state index in [-0.39, 0.29) is 0 Å². The van der Waals surface area contributed by atoms with Crippen molar-refractivity contribution in [2.75, 3.05) is 0 Å². The molecule has 0 aliphatic carbocycles. The van der Waals surface area contributed by atoms with Gasteiger partial charge >= 0.3 is 12.1 Å². The maximum Gasteiger partial charge on any atom is 0.431 e. The van der Waals surface area contributed by atoms with Crippen molar-refractivity contribution in [3.8, 4) is 0 Å². The molecule has 0 aliphatic heterocycles. The van der Waals surface area contributed by atoms with Crippen LogP contribution in [0.4, 0.5) is 13.2 Å². The predicted molar refractivity (Wildman–Crippen MR) is 52.5 cm³/mol. The third kappa shape index (κ3) is 3.47. The van der Waals surface area contributed by atoms with Crippen molar-refractivity contribution in [3.05, 3.63) is 46.4 Å². The molecule has 0 spiro atoms. The summed E-state index contributed by atoms with van der Waals surface area (Å²) >= 11 is 0. The number of carboxylic acids is 1. The Hall–Kier alpha value is -2.05. The molecule has 1 N–H and O–H groups in total. The molecule has 0 saturated carbocycles. The van der Waals surface area contributed by atoms with E-state index in [1.165, 1.54) is 0 Å². The predicted octanol–water partition coefficient (Wildman–Crippen LogP) is 1.51. The van der Waals surface area contributed by atoms with Crippen LogP contribution in [0.3, 0.4) is 0 Å². The van der Waals surface area contributed by atoms with E-state index in [9.17, 15) is 22.8 Å². The van der Waals surface area contributed by atoms with Crippen LogP contribution in [0.25, 0.3) is 0 Å². The quantitative estimate of drug-likeness (QED) is 0.823. The number of rotatable bonds is 3. The Labute approximate surface area is 93.6 Å². The summed E-state index contributed by atoms with van der Waals surface area (Å²) in [5.74, 6) is -1.29. The van der Waals surface area contributed by atoms with E-state index >= 15 is 0 Å². The molecule has 1 aromatic rings. The molecule has 0 bridgehead atoms. The number of alkyl halides is 3. The number of hydrogen-bond donors (Lipinski definition) is 1. The third-order valence-electron chi connectivity index (χ3n) is 1.89. The van der Waals surface area contributed by atoms with Gasteiger partial charge in [-0.3, -0.25) is 4.79 Å². The van der Waals surface area contributed by atoms with Crippen LogP contribution in [0.1, 0.15) is 5.69 Å². The highest BCUT2D eigenvalue weighted by atomic mass is 19.4. The topological polar surface area (TPSA) is 59.3 Å². The van der Waals surface area contributed by atoms with Crippen LogP contribution in [0.15, 0.2) is 35.1 Å². The Bertz CT molecular complexity index is 502. The van der Waals surface area contributed by atoms with Crippen molar-refractivity contribution < 1.29 is 23.1 Å². The van der Waals surface area contributed by atoms with Crippen LogP contribution < -0.4 is 5.56 Å². The number of hydrogen-bond acceptors (Lipinski definition) is 2. The fourth-order valence-electron chi connectivity index (χ4n) is 1.22. The van der Waals surface area contributed by atoms with Gasteiger partial charge in [-0.2, -0.15) is 13.2 Å². The minimum Gasteiger partial charge on any atom is -0.478 e. The highest BCUT2D eigenvalue weighted by molar-refractivity contribution is 5.79. The normalized spacial score (nSPS) is 11.9. The van der Waals surface area contributed by atoms with Gasteiger partial charge in [-0.15, -0.1) is 0 Å². The van der Waals surface area contributed by atoms with Gasteiger partial charge in [0, 0.05) is 18.7 Å². The molecule has 0 amide bonds. The van der Waals surface area contributed by atoms with Crippen molar-refractivity contribution in [2.24, 2.45) is 0 Å². The number of nitrogens with zero attached hydrogens (tertiary/aromatic N) is 1. The molecule has 1 aromatic heterocycles. The first kappa shape index (κ1) is 13.0. The fraction of sp³-hybridized carbons (Fsp3) is 0.200. The molecule has 4 nitrogen and oxygen atoms in total. The van der Waals surface area contributed by atoms with E-state index in [0.29, 0.717) is 10.6 Å². The summed E-state index contributed by atoms with van der Waals surface area (Å²) in [6.07, 6.45) is -3.00. The first-order valence-electron chi connectivity index (χ1n) is 4.49. The molecule has 0 radical (unpaired) electrons. The number of aliphatic carboxylic acids is 1. The molecule has 0 aliphatic rings. The lowest BCUT2D eigenvalue weighted by molar-refractivity contribution is -0.144. The maximum atomic E-state index is 12.5. The van der Waals surface area contributed by atoms with Gasteiger partial charge in [0.2, 0.25) is 0 Å². The number of aromatic nitrogens is 1. The lowest BCUT2D eigenvalue weighted by atomic mass is 10.3. The van der Waals surface area contributed by atoms with Gasteiger partial charge in [0.15, 0.2) is 0 Å².